The van der Waals surface area contributed by atoms with Gasteiger partial charge in [-0.05, 0) is 28.4 Å². The first-order valence-electron chi connectivity index (χ1n) is 4.59. The number of hydrogen-bond acceptors (Lipinski definition) is 3. The summed E-state index contributed by atoms with van der Waals surface area (Å²) in [6.07, 6.45) is 0.914. The van der Waals surface area contributed by atoms with Crippen LogP contribution in [0.4, 0.5) is 0 Å². The van der Waals surface area contributed by atoms with E-state index >= 15 is 0 Å². The van der Waals surface area contributed by atoms with Crippen molar-refractivity contribution in [2.75, 3.05) is 6.54 Å². The molecule has 76 valence electrons. The maximum absolute atomic E-state index is 8.73. The topological polar surface area (TPSA) is 35.8 Å². The van der Waals surface area contributed by atoms with Crippen molar-refractivity contribution in [3.05, 3.63) is 20.8 Å². The van der Waals surface area contributed by atoms with E-state index in [9.17, 15) is 0 Å². The molecule has 1 aromatic heterocycles. The Morgan fingerprint density at radius 1 is 1.71 bits per heavy atom. The van der Waals surface area contributed by atoms with Gasteiger partial charge in [-0.2, -0.15) is 5.26 Å². The molecule has 0 aliphatic carbocycles. The SMILES string of the molecule is CCC(C#N)CNCc1cc(Br)cs1. The maximum Gasteiger partial charge on any atom is 0.0669 e. The summed E-state index contributed by atoms with van der Waals surface area (Å²) < 4.78 is 1.13. The van der Waals surface area contributed by atoms with Crippen LogP contribution in [-0.4, -0.2) is 6.54 Å². The van der Waals surface area contributed by atoms with Crippen LogP contribution in [-0.2, 0) is 6.54 Å². The second kappa shape index (κ2) is 6.18. The molecule has 0 saturated carbocycles. The Kier molecular flexibility index (Phi) is 5.16. The molecule has 0 fully saturated rings. The first kappa shape index (κ1) is 11.7. The molecule has 2 nitrogen and oxygen atoms in total. The number of nitriles is 1. The summed E-state index contributed by atoms with van der Waals surface area (Å²) in [5, 5.41) is 14.1. The van der Waals surface area contributed by atoms with Gasteiger partial charge in [0, 0.05) is 27.8 Å². The van der Waals surface area contributed by atoms with E-state index in [-0.39, 0.29) is 5.92 Å². The number of rotatable bonds is 5. The lowest BCUT2D eigenvalue weighted by Gasteiger charge is -2.06. The zero-order valence-electron chi connectivity index (χ0n) is 8.09. The molecule has 0 spiro atoms. The Hall–Kier alpha value is -0.370. The minimum absolute atomic E-state index is 0.137. The Morgan fingerprint density at radius 2 is 2.50 bits per heavy atom. The number of thiophene rings is 1. The van der Waals surface area contributed by atoms with E-state index < -0.39 is 0 Å². The molecule has 0 radical (unpaired) electrons. The third-order valence-electron chi connectivity index (χ3n) is 1.99. The Bertz CT molecular complexity index is 316. The predicted octanol–water partition coefficient (Wildman–Crippen LogP) is 3.15. The van der Waals surface area contributed by atoms with Crippen molar-refractivity contribution in [3.8, 4) is 6.07 Å². The zero-order valence-corrected chi connectivity index (χ0v) is 10.5. The smallest absolute Gasteiger partial charge is 0.0669 e. The molecule has 14 heavy (non-hydrogen) atoms. The highest BCUT2D eigenvalue weighted by Crippen LogP contribution is 2.19. The Morgan fingerprint density at radius 3 is 3.00 bits per heavy atom. The highest BCUT2D eigenvalue weighted by atomic mass is 79.9. The molecule has 1 heterocycles. The van der Waals surface area contributed by atoms with Crippen LogP contribution < -0.4 is 5.32 Å². The average Bonchev–Trinajstić information content (AvgIpc) is 2.59. The molecule has 0 aliphatic rings. The normalized spacial score (nSPS) is 12.4. The van der Waals surface area contributed by atoms with Crippen molar-refractivity contribution in [2.24, 2.45) is 5.92 Å². The van der Waals surface area contributed by atoms with Gasteiger partial charge in [-0.1, -0.05) is 6.92 Å². The quantitative estimate of drug-likeness (QED) is 0.894. The van der Waals surface area contributed by atoms with Gasteiger partial charge in [-0.3, -0.25) is 0 Å². The van der Waals surface area contributed by atoms with Gasteiger partial charge in [0.15, 0.2) is 0 Å². The Balaban J connectivity index is 2.25. The van der Waals surface area contributed by atoms with Gasteiger partial charge in [-0.25, -0.2) is 0 Å². The number of hydrogen-bond donors (Lipinski definition) is 1. The summed E-state index contributed by atoms with van der Waals surface area (Å²) >= 11 is 5.13. The molecule has 1 N–H and O–H groups in total. The fourth-order valence-corrected chi connectivity index (χ4v) is 2.52. The average molecular weight is 273 g/mol. The lowest BCUT2D eigenvalue weighted by molar-refractivity contribution is 0.555. The van der Waals surface area contributed by atoms with Gasteiger partial charge in [-0.15, -0.1) is 11.3 Å². The fourth-order valence-electron chi connectivity index (χ4n) is 1.10. The lowest BCUT2D eigenvalue weighted by atomic mass is 10.1. The summed E-state index contributed by atoms with van der Waals surface area (Å²) in [7, 11) is 0. The van der Waals surface area contributed by atoms with Crippen LogP contribution >= 0.6 is 27.3 Å². The van der Waals surface area contributed by atoms with E-state index in [1.54, 1.807) is 11.3 Å². The van der Waals surface area contributed by atoms with Crippen LogP contribution in [0.25, 0.3) is 0 Å². The molecular formula is C10H13BrN2S. The van der Waals surface area contributed by atoms with Crippen molar-refractivity contribution in [1.82, 2.24) is 5.32 Å². The molecule has 0 saturated heterocycles. The third-order valence-corrected chi connectivity index (χ3v) is 3.68. The second-order valence-electron chi connectivity index (χ2n) is 3.10. The van der Waals surface area contributed by atoms with E-state index in [2.05, 4.69) is 38.8 Å². The van der Waals surface area contributed by atoms with Crippen molar-refractivity contribution in [1.29, 1.82) is 5.26 Å². The molecule has 0 aliphatic heterocycles. The minimum Gasteiger partial charge on any atom is -0.311 e. The van der Waals surface area contributed by atoms with Crippen molar-refractivity contribution in [2.45, 2.75) is 19.9 Å². The number of nitrogens with one attached hydrogen (secondary N) is 1. The third kappa shape index (κ3) is 3.79. The summed E-state index contributed by atoms with van der Waals surface area (Å²) in [6, 6.07) is 4.38. The van der Waals surface area contributed by atoms with Crippen molar-refractivity contribution in [3.63, 3.8) is 0 Å². The van der Waals surface area contributed by atoms with Gasteiger partial charge in [0.2, 0.25) is 0 Å². The van der Waals surface area contributed by atoms with E-state index in [0.29, 0.717) is 0 Å². The van der Waals surface area contributed by atoms with Gasteiger partial charge in [0.1, 0.15) is 0 Å². The minimum atomic E-state index is 0.137. The molecule has 0 bridgehead atoms. The standard InChI is InChI=1S/C10H13BrN2S/c1-2-8(4-12)5-13-6-10-3-9(11)7-14-10/h3,7-8,13H,2,5-6H2,1H3. The summed E-state index contributed by atoms with van der Waals surface area (Å²) in [5.41, 5.74) is 0. The van der Waals surface area contributed by atoms with Crippen molar-refractivity contribution < 1.29 is 0 Å². The van der Waals surface area contributed by atoms with E-state index in [1.165, 1.54) is 4.88 Å². The molecule has 1 unspecified atom stereocenters. The van der Waals surface area contributed by atoms with Gasteiger partial charge < -0.3 is 5.32 Å². The first-order valence-corrected chi connectivity index (χ1v) is 6.26. The molecule has 4 heteroatoms. The summed E-state index contributed by atoms with van der Waals surface area (Å²) in [4.78, 5) is 1.30. The molecule has 0 amide bonds. The van der Waals surface area contributed by atoms with Crippen LogP contribution in [0.2, 0.25) is 0 Å². The van der Waals surface area contributed by atoms with E-state index in [0.717, 1.165) is 24.0 Å². The van der Waals surface area contributed by atoms with Crippen LogP contribution in [0.3, 0.4) is 0 Å². The van der Waals surface area contributed by atoms with Crippen LogP contribution in [0, 0.1) is 17.2 Å². The molecule has 1 rings (SSSR count). The second-order valence-corrected chi connectivity index (χ2v) is 5.01. The highest BCUT2D eigenvalue weighted by Gasteiger charge is 2.03. The largest absolute Gasteiger partial charge is 0.311 e. The molecule has 1 atom stereocenters. The van der Waals surface area contributed by atoms with Gasteiger partial charge in [0.25, 0.3) is 0 Å². The molecule has 1 aromatic rings. The zero-order chi connectivity index (χ0) is 10.4. The lowest BCUT2D eigenvalue weighted by Crippen LogP contribution is -2.20. The van der Waals surface area contributed by atoms with Crippen LogP contribution in [0.5, 0.6) is 0 Å². The maximum atomic E-state index is 8.73. The van der Waals surface area contributed by atoms with E-state index in [4.69, 9.17) is 5.26 Å². The summed E-state index contributed by atoms with van der Waals surface area (Å²) in [6.45, 7) is 3.67. The van der Waals surface area contributed by atoms with Gasteiger partial charge in [0.05, 0.1) is 12.0 Å². The van der Waals surface area contributed by atoms with Crippen molar-refractivity contribution >= 4 is 27.3 Å². The fraction of sp³-hybridized carbons (Fsp3) is 0.500. The monoisotopic (exact) mass is 272 g/mol. The number of halogens is 1. The highest BCUT2D eigenvalue weighted by molar-refractivity contribution is 9.10. The molecular weight excluding hydrogens is 260 g/mol. The van der Waals surface area contributed by atoms with Crippen LogP contribution in [0.15, 0.2) is 15.9 Å². The summed E-state index contributed by atoms with van der Waals surface area (Å²) in [5.74, 6) is 0.137. The van der Waals surface area contributed by atoms with E-state index in [1.807, 2.05) is 6.92 Å². The first-order chi connectivity index (χ1) is 6.76. The molecule has 0 aromatic carbocycles. The number of nitrogens with zero attached hydrogens (tertiary/aromatic N) is 1. The predicted molar refractivity (Wildman–Crippen MR) is 63.1 cm³/mol. The van der Waals surface area contributed by atoms with Crippen LogP contribution in [0.1, 0.15) is 18.2 Å². The Labute approximate surface area is 97.1 Å². The van der Waals surface area contributed by atoms with Gasteiger partial charge >= 0.3 is 0 Å².